The molecule has 0 fully saturated rings. The van der Waals surface area contributed by atoms with E-state index in [-0.39, 0.29) is 117 Å². The van der Waals surface area contributed by atoms with E-state index in [4.69, 9.17) is 37.9 Å². The van der Waals surface area contributed by atoms with Crippen LogP contribution in [0.1, 0.15) is 79.1 Å². The molecule has 0 bridgehead atoms. The lowest BCUT2D eigenvalue weighted by Crippen LogP contribution is -2.46. The van der Waals surface area contributed by atoms with E-state index in [1.807, 2.05) is 0 Å². The minimum absolute atomic E-state index is 0.00147. The van der Waals surface area contributed by atoms with Crippen molar-refractivity contribution in [1.82, 2.24) is 0 Å². The van der Waals surface area contributed by atoms with Crippen molar-refractivity contribution in [3.63, 3.8) is 0 Å². The number of rotatable bonds is 32. The molecule has 0 radical (unpaired) electrons. The molecular formula is C33H52O17. The van der Waals surface area contributed by atoms with Crippen LogP contribution in [0, 0.1) is 0 Å². The van der Waals surface area contributed by atoms with Gasteiger partial charge in [-0.1, -0.05) is 27.7 Å². The van der Waals surface area contributed by atoms with Gasteiger partial charge in [0.1, 0.15) is 18.3 Å². The summed E-state index contributed by atoms with van der Waals surface area (Å²) in [6.07, 6.45) is -2.55. The Hall–Kier alpha value is -3.64. The third-order valence-corrected chi connectivity index (χ3v) is 6.56. The van der Waals surface area contributed by atoms with Crippen LogP contribution in [0.2, 0.25) is 0 Å². The van der Waals surface area contributed by atoms with Crippen molar-refractivity contribution in [2.75, 3.05) is 66.1 Å². The maximum absolute atomic E-state index is 11.6. The van der Waals surface area contributed by atoms with E-state index in [9.17, 15) is 43.5 Å². The molecule has 0 aromatic carbocycles. The summed E-state index contributed by atoms with van der Waals surface area (Å²) in [6, 6.07) is 0. The average Bonchev–Trinajstić information content (AvgIpc) is 3.12. The van der Waals surface area contributed by atoms with Crippen molar-refractivity contribution in [2.24, 2.45) is 0 Å². The Kier molecular flexibility index (Phi) is 27.0. The van der Waals surface area contributed by atoms with Gasteiger partial charge in [0.25, 0.3) is 0 Å². The summed E-state index contributed by atoms with van der Waals surface area (Å²) in [6.45, 7) is 5.50. The fourth-order valence-electron chi connectivity index (χ4n) is 3.60. The van der Waals surface area contributed by atoms with Gasteiger partial charge in [-0.15, -0.1) is 0 Å². The molecule has 50 heavy (non-hydrogen) atoms. The Bertz CT molecular complexity index is 990. The lowest BCUT2D eigenvalue weighted by atomic mass is 10.1. The highest BCUT2D eigenvalue weighted by Gasteiger charge is 2.30. The van der Waals surface area contributed by atoms with E-state index in [1.165, 1.54) is 27.7 Å². The molecular weight excluding hydrogens is 668 g/mol. The molecule has 17 heteroatoms. The average molecular weight is 721 g/mol. The van der Waals surface area contributed by atoms with Gasteiger partial charge in [-0.3, -0.25) is 19.2 Å². The van der Waals surface area contributed by atoms with Crippen molar-refractivity contribution in [1.29, 1.82) is 0 Å². The van der Waals surface area contributed by atoms with Gasteiger partial charge in [0, 0.05) is 64.6 Å². The van der Waals surface area contributed by atoms with Gasteiger partial charge in [-0.25, -0.2) is 19.2 Å². The first-order valence-electron chi connectivity index (χ1n) is 16.8. The third-order valence-electron chi connectivity index (χ3n) is 6.56. The molecule has 0 amide bonds. The molecule has 0 aliphatic heterocycles. The van der Waals surface area contributed by atoms with Gasteiger partial charge in [0.05, 0.1) is 52.9 Å². The monoisotopic (exact) mass is 720 g/mol. The first-order valence-corrected chi connectivity index (χ1v) is 16.8. The van der Waals surface area contributed by atoms with Crippen LogP contribution in [-0.4, -0.2) is 136 Å². The Morgan fingerprint density at radius 1 is 0.420 bits per heavy atom. The van der Waals surface area contributed by atoms with E-state index >= 15 is 0 Å². The zero-order valence-corrected chi connectivity index (χ0v) is 29.4. The van der Waals surface area contributed by atoms with Crippen LogP contribution in [0.15, 0.2) is 0 Å². The van der Waals surface area contributed by atoms with E-state index in [2.05, 4.69) is 0 Å². The molecule has 0 aliphatic rings. The van der Waals surface area contributed by atoms with E-state index in [0.29, 0.717) is 0 Å². The summed E-state index contributed by atoms with van der Waals surface area (Å²) in [5.74, 6) is -6.45. The van der Waals surface area contributed by atoms with Gasteiger partial charge < -0.3 is 43.0 Å². The minimum atomic E-state index is -1.37. The highest BCUT2D eigenvalue weighted by Crippen LogP contribution is 2.12. The number of carbonyl (C=O) groups is 8. The number of aliphatic hydroxyl groups is 1. The van der Waals surface area contributed by atoms with Crippen molar-refractivity contribution in [2.45, 2.75) is 97.4 Å². The first kappa shape index (κ1) is 46.4. The molecule has 17 nitrogen and oxygen atoms in total. The van der Waals surface area contributed by atoms with Gasteiger partial charge in [-0.05, 0) is 0 Å². The summed E-state index contributed by atoms with van der Waals surface area (Å²) < 4.78 is 42.5. The topological polar surface area (TPSA) is 231 Å². The second-order valence-corrected chi connectivity index (χ2v) is 10.5. The number of carbonyl (C=O) groups excluding carboxylic acids is 8. The molecule has 0 aromatic rings. The molecule has 2 atom stereocenters. The number of Topliss-reactive ketones (excluding diaryl/α,β-unsaturated/α-hetero) is 4. The molecule has 0 saturated heterocycles. The molecule has 1 N–H and O–H groups in total. The highest BCUT2D eigenvalue weighted by molar-refractivity contribution is 6.34. The van der Waals surface area contributed by atoms with Crippen LogP contribution < -0.4 is 0 Å². The molecule has 2 unspecified atom stereocenters. The summed E-state index contributed by atoms with van der Waals surface area (Å²) in [5, 5.41) is 11.3. The van der Waals surface area contributed by atoms with Crippen LogP contribution in [0.25, 0.3) is 0 Å². The minimum Gasteiger partial charge on any atom is -0.460 e. The zero-order valence-electron chi connectivity index (χ0n) is 29.4. The summed E-state index contributed by atoms with van der Waals surface area (Å²) >= 11 is 0. The number of ketones is 4. The van der Waals surface area contributed by atoms with Gasteiger partial charge in [0.2, 0.25) is 23.1 Å². The van der Waals surface area contributed by atoms with Crippen molar-refractivity contribution in [3.05, 3.63) is 0 Å². The van der Waals surface area contributed by atoms with E-state index < -0.39 is 65.3 Å². The SMILES string of the molecule is CCC(=O)C(=O)OCCCOCC(OCCCOC(=O)C(=O)CC)C(O)C(COCCCOC(=O)C(=O)CC)OCCCOC(=O)C(=O)CC. The molecule has 0 aromatic heterocycles. The highest BCUT2D eigenvalue weighted by atomic mass is 16.6. The molecule has 0 aliphatic carbocycles. The number of esters is 4. The number of ether oxygens (including phenoxy) is 8. The Morgan fingerprint density at radius 3 is 0.940 bits per heavy atom. The van der Waals surface area contributed by atoms with Crippen LogP contribution in [0.3, 0.4) is 0 Å². The standard InChI is InChI=1S/C33H52O17/c1-5-23(34)30(39)47-17-9-13-43-21-27(45-15-11-19-49-32(41)25(36)7-3)29(38)28(46-16-12-20-50-33(42)26(37)8-4)22-44-14-10-18-48-31(40)24(35)6-2/h27-29,38H,5-22H2,1-4H3. The van der Waals surface area contributed by atoms with Crippen LogP contribution in [-0.2, 0) is 76.3 Å². The van der Waals surface area contributed by atoms with Gasteiger partial charge >= 0.3 is 23.9 Å². The van der Waals surface area contributed by atoms with Crippen molar-refractivity contribution in [3.8, 4) is 0 Å². The number of aliphatic hydroxyl groups excluding tert-OH is 1. The molecule has 0 spiro atoms. The zero-order chi connectivity index (χ0) is 37.7. The second-order valence-electron chi connectivity index (χ2n) is 10.5. The maximum atomic E-state index is 11.6. The third kappa shape index (κ3) is 21.4. The maximum Gasteiger partial charge on any atom is 0.374 e. The fourth-order valence-corrected chi connectivity index (χ4v) is 3.60. The Labute approximate surface area is 291 Å². The van der Waals surface area contributed by atoms with E-state index in [1.54, 1.807) is 0 Å². The Balaban J connectivity index is 5.36. The molecule has 0 saturated carbocycles. The largest absolute Gasteiger partial charge is 0.460 e. The lowest BCUT2D eigenvalue weighted by Gasteiger charge is -2.30. The summed E-state index contributed by atoms with van der Waals surface area (Å²) in [5.41, 5.74) is 0. The van der Waals surface area contributed by atoms with Gasteiger partial charge in [0.15, 0.2) is 0 Å². The lowest BCUT2D eigenvalue weighted by molar-refractivity contribution is -0.159. The first-order chi connectivity index (χ1) is 23.9. The number of hydrogen-bond donors (Lipinski definition) is 1. The smallest absolute Gasteiger partial charge is 0.374 e. The second kappa shape index (κ2) is 29.1. The predicted octanol–water partition coefficient (Wildman–Crippen LogP) is 0.801. The van der Waals surface area contributed by atoms with Gasteiger partial charge in [-0.2, -0.15) is 0 Å². The van der Waals surface area contributed by atoms with Crippen molar-refractivity contribution < 1.29 is 81.4 Å². The normalized spacial score (nSPS) is 12.7. The Morgan fingerprint density at radius 2 is 0.680 bits per heavy atom. The van der Waals surface area contributed by atoms with Crippen LogP contribution >= 0.6 is 0 Å². The predicted molar refractivity (Wildman–Crippen MR) is 171 cm³/mol. The fraction of sp³-hybridized carbons (Fsp3) is 0.758. The summed E-state index contributed by atoms with van der Waals surface area (Å²) in [7, 11) is 0. The molecule has 0 heterocycles. The van der Waals surface area contributed by atoms with Crippen molar-refractivity contribution >= 4 is 47.0 Å². The summed E-state index contributed by atoms with van der Waals surface area (Å²) in [4.78, 5) is 92.0. The molecule has 0 rings (SSSR count). The van der Waals surface area contributed by atoms with Crippen LogP contribution in [0.4, 0.5) is 0 Å². The molecule has 286 valence electrons. The van der Waals surface area contributed by atoms with E-state index in [0.717, 1.165) is 0 Å². The number of hydrogen-bond acceptors (Lipinski definition) is 17. The quantitative estimate of drug-likeness (QED) is 0.0438. The van der Waals surface area contributed by atoms with Crippen LogP contribution in [0.5, 0.6) is 0 Å².